The SMILES string of the molecule is CCc1nn(CC)c(CC(NN)C(CC)OC)c1Br. The van der Waals surface area contributed by atoms with Gasteiger partial charge in [-0.1, -0.05) is 13.8 Å². The predicted molar refractivity (Wildman–Crippen MR) is 80.9 cm³/mol. The fraction of sp³-hybridized carbons (Fsp3) is 0.769. The Kier molecular flexibility index (Phi) is 6.99. The first-order valence-corrected chi connectivity index (χ1v) is 7.64. The van der Waals surface area contributed by atoms with Crippen LogP contribution in [0.5, 0.6) is 0 Å². The number of halogens is 1. The van der Waals surface area contributed by atoms with Crippen LogP contribution >= 0.6 is 15.9 Å². The van der Waals surface area contributed by atoms with E-state index in [2.05, 4.69) is 47.2 Å². The molecule has 3 N–H and O–H groups in total. The van der Waals surface area contributed by atoms with Crippen molar-refractivity contribution >= 4 is 15.9 Å². The van der Waals surface area contributed by atoms with E-state index in [1.54, 1.807) is 7.11 Å². The minimum absolute atomic E-state index is 0.0815. The number of ether oxygens (including phenoxy) is 1. The molecule has 110 valence electrons. The molecule has 19 heavy (non-hydrogen) atoms. The molecule has 1 aromatic heterocycles. The molecule has 0 radical (unpaired) electrons. The van der Waals surface area contributed by atoms with Crippen LogP contribution in [-0.2, 0) is 24.1 Å². The van der Waals surface area contributed by atoms with Crippen molar-refractivity contribution in [1.82, 2.24) is 15.2 Å². The Bertz CT molecular complexity index is 390. The van der Waals surface area contributed by atoms with Crippen LogP contribution in [-0.4, -0.2) is 29.0 Å². The zero-order chi connectivity index (χ0) is 14.4. The molecule has 0 spiro atoms. The zero-order valence-corrected chi connectivity index (χ0v) is 13.8. The van der Waals surface area contributed by atoms with Crippen LogP contribution in [0.15, 0.2) is 4.47 Å². The molecule has 0 aromatic carbocycles. The summed E-state index contributed by atoms with van der Waals surface area (Å²) < 4.78 is 8.62. The van der Waals surface area contributed by atoms with Crippen LogP contribution in [0.2, 0.25) is 0 Å². The standard InChI is InChI=1S/C13H25BrN4O/c1-5-9-13(14)11(18(7-3)17-9)8-10(16-15)12(6-2)19-4/h10,12,16H,5-8,15H2,1-4H3. The summed E-state index contributed by atoms with van der Waals surface area (Å²) in [6.07, 6.45) is 2.74. The zero-order valence-electron chi connectivity index (χ0n) is 12.2. The van der Waals surface area contributed by atoms with Gasteiger partial charge >= 0.3 is 0 Å². The second-order valence-corrected chi connectivity index (χ2v) is 5.33. The first-order valence-electron chi connectivity index (χ1n) is 6.85. The van der Waals surface area contributed by atoms with Gasteiger partial charge in [0.05, 0.1) is 28.0 Å². The third-order valence-corrected chi connectivity index (χ3v) is 4.39. The molecule has 1 heterocycles. The normalized spacial score (nSPS) is 14.6. The highest BCUT2D eigenvalue weighted by Crippen LogP contribution is 2.24. The van der Waals surface area contributed by atoms with Crippen molar-refractivity contribution in [3.05, 3.63) is 15.9 Å². The molecule has 0 aliphatic rings. The summed E-state index contributed by atoms with van der Waals surface area (Å²) in [4.78, 5) is 0. The summed E-state index contributed by atoms with van der Waals surface area (Å²) in [5, 5.41) is 4.61. The van der Waals surface area contributed by atoms with Crippen LogP contribution < -0.4 is 11.3 Å². The Morgan fingerprint density at radius 1 is 1.42 bits per heavy atom. The summed E-state index contributed by atoms with van der Waals surface area (Å²) in [5.41, 5.74) is 5.15. The van der Waals surface area contributed by atoms with Crippen LogP contribution in [0.3, 0.4) is 0 Å². The van der Waals surface area contributed by atoms with Gasteiger partial charge in [-0.3, -0.25) is 16.0 Å². The first kappa shape index (κ1) is 16.6. The summed E-state index contributed by atoms with van der Waals surface area (Å²) in [7, 11) is 1.72. The molecule has 1 rings (SSSR count). The number of methoxy groups -OCH3 is 1. The molecule has 2 unspecified atom stereocenters. The van der Waals surface area contributed by atoms with Crippen molar-refractivity contribution in [2.45, 2.75) is 58.7 Å². The summed E-state index contributed by atoms with van der Waals surface area (Å²) in [6.45, 7) is 7.16. The number of aryl methyl sites for hydroxylation is 2. The maximum absolute atomic E-state index is 5.68. The van der Waals surface area contributed by atoms with E-state index in [1.807, 2.05) is 4.68 Å². The molecule has 2 atom stereocenters. The molecule has 0 fully saturated rings. The number of hydrogen-bond acceptors (Lipinski definition) is 4. The number of nitrogens with one attached hydrogen (secondary N) is 1. The Hall–Kier alpha value is -0.430. The van der Waals surface area contributed by atoms with Crippen LogP contribution in [0, 0.1) is 0 Å². The minimum Gasteiger partial charge on any atom is -0.380 e. The van der Waals surface area contributed by atoms with Crippen molar-refractivity contribution in [3.63, 3.8) is 0 Å². The van der Waals surface area contributed by atoms with Crippen LogP contribution in [0.1, 0.15) is 38.6 Å². The smallest absolute Gasteiger partial charge is 0.0766 e. The second-order valence-electron chi connectivity index (χ2n) is 4.54. The molecule has 6 heteroatoms. The van der Waals surface area contributed by atoms with Gasteiger partial charge in [0.15, 0.2) is 0 Å². The lowest BCUT2D eigenvalue weighted by atomic mass is 10.0. The van der Waals surface area contributed by atoms with Crippen molar-refractivity contribution in [1.29, 1.82) is 0 Å². The molecule has 0 aliphatic carbocycles. The minimum atomic E-state index is 0.0815. The van der Waals surface area contributed by atoms with Crippen LogP contribution in [0.4, 0.5) is 0 Å². The van der Waals surface area contributed by atoms with Crippen molar-refractivity contribution in [3.8, 4) is 0 Å². The highest BCUT2D eigenvalue weighted by Gasteiger charge is 2.23. The van der Waals surface area contributed by atoms with E-state index in [0.29, 0.717) is 0 Å². The van der Waals surface area contributed by atoms with Crippen molar-refractivity contribution in [2.24, 2.45) is 5.84 Å². The third kappa shape index (κ3) is 3.78. The maximum atomic E-state index is 5.68. The molecule has 0 saturated heterocycles. The van der Waals surface area contributed by atoms with Gasteiger partial charge in [0.2, 0.25) is 0 Å². The van der Waals surface area contributed by atoms with E-state index in [9.17, 15) is 0 Å². The van der Waals surface area contributed by atoms with Crippen LogP contribution in [0.25, 0.3) is 0 Å². The second kappa shape index (κ2) is 7.99. The molecule has 0 bridgehead atoms. The monoisotopic (exact) mass is 332 g/mol. The summed E-state index contributed by atoms with van der Waals surface area (Å²) in [5.74, 6) is 5.68. The highest BCUT2D eigenvalue weighted by atomic mass is 79.9. The number of rotatable bonds is 8. The van der Waals surface area contributed by atoms with Crippen molar-refractivity contribution in [2.75, 3.05) is 7.11 Å². The lowest BCUT2D eigenvalue weighted by Crippen LogP contribution is -2.46. The van der Waals surface area contributed by atoms with Gasteiger partial charge in [-0.15, -0.1) is 0 Å². The maximum Gasteiger partial charge on any atom is 0.0766 e. The van der Waals surface area contributed by atoms with Gasteiger partial charge < -0.3 is 4.74 Å². The molecular formula is C13H25BrN4O. The average molecular weight is 333 g/mol. The Morgan fingerprint density at radius 3 is 2.53 bits per heavy atom. The quantitative estimate of drug-likeness (QED) is 0.564. The Morgan fingerprint density at radius 2 is 2.11 bits per heavy atom. The highest BCUT2D eigenvalue weighted by molar-refractivity contribution is 9.10. The van der Waals surface area contributed by atoms with Gasteiger partial charge in [-0.05, 0) is 35.7 Å². The van der Waals surface area contributed by atoms with Gasteiger partial charge in [0.1, 0.15) is 0 Å². The lowest BCUT2D eigenvalue weighted by molar-refractivity contribution is 0.0647. The molecule has 0 aliphatic heterocycles. The molecule has 1 aromatic rings. The van der Waals surface area contributed by atoms with Gasteiger partial charge in [-0.25, -0.2) is 0 Å². The van der Waals surface area contributed by atoms with Gasteiger partial charge in [0, 0.05) is 20.1 Å². The Balaban J connectivity index is 2.98. The van der Waals surface area contributed by atoms with Gasteiger partial charge in [-0.2, -0.15) is 5.10 Å². The fourth-order valence-corrected chi connectivity index (χ4v) is 3.06. The molecular weight excluding hydrogens is 308 g/mol. The summed E-state index contributed by atoms with van der Waals surface area (Å²) in [6, 6.07) is 0.0815. The molecule has 5 nitrogen and oxygen atoms in total. The predicted octanol–water partition coefficient (Wildman–Crippen LogP) is 2.03. The molecule has 0 saturated carbocycles. The number of hydrazine groups is 1. The topological polar surface area (TPSA) is 65.1 Å². The largest absolute Gasteiger partial charge is 0.380 e. The molecule has 0 amide bonds. The van der Waals surface area contributed by atoms with E-state index in [4.69, 9.17) is 10.6 Å². The number of aromatic nitrogens is 2. The van der Waals surface area contributed by atoms with E-state index < -0.39 is 0 Å². The average Bonchev–Trinajstić information content (AvgIpc) is 2.74. The van der Waals surface area contributed by atoms with E-state index >= 15 is 0 Å². The first-order chi connectivity index (χ1) is 9.12. The lowest BCUT2D eigenvalue weighted by Gasteiger charge is -2.24. The van der Waals surface area contributed by atoms with Gasteiger partial charge in [0.25, 0.3) is 0 Å². The number of hydrogen-bond donors (Lipinski definition) is 2. The fourth-order valence-electron chi connectivity index (χ4n) is 2.33. The number of nitrogens with zero attached hydrogens (tertiary/aromatic N) is 2. The van der Waals surface area contributed by atoms with E-state index in [1.165, 1.54) is 5.69 Å². The van der Waals surface area contributed by atoms with Crippen molar-refractivity contribution < 1.29 is 4.74 Å². The van der Waals surface area contributed by atoms with E-state index in [0.717, 1.165) is 36.0 Å². The number of nitrogens with two attached hydrogens (primary N) is 1. The third-order valence-electron chi connectivity index (χ3n) is 3.48. The summed E-state index contributed by atoms with van der Waals surface area (Å²) >= 11 is 3.66. The van der Waals surface area contributed by atoms with E-state index in [-0.39, 0.29) is 12.1 Å². The Labute approximate surface area is 124 Å².